The van der Waals surface area contributed by atoms with Crippen molar-refractivity contribution in [3.8, 4) is 5.75 Å². The zero-order valence-corrected chi connectivity index (χ0v) is 19.1. The number of rotatable bonds is 6. The number of nitrogens with one attached hydrogen (secondary N) is 1. The van der Waals surface area contributed by atoms with Crippen molar-refractivity contribution in [2.24, 2.45) is 23.7 Å². The van der Waals surface area contributed by atoms with Crippen LogP contribution < -0.4 is 10.1 Å². The number of anilines is 1. The molecule has 5 unspecified atom stereocenters. The van der Waals surface area contributed by atoms with Gasteiger partial charge in [0.05, 0.1) is 37.1 Å². The number of likely N-dealkylation sites (tertiary alicyclic amines) is 1. The first-order valence-electron chi connectivity index (χ1n) is 10.7. The van der Waals surface area contributed by atoms with Gasteiger partial charge in [-0.3, -0.25) is 19.3 Å². The third-order valence-electron chi connectivity index (χ3n) is 6.83. The average molecular weight is 495 g/mol. The number of hydrogen-bond donors (Lipinski definition) is 1. The van der Waals surface area contributed by atoms with E-state index in [0.29, 0.717) is 11.4 Å². The number of halogens is 1. The lowest BCUT2D eigenvalue weighted by atomic mass is 9.85. The van der Waals surface area contributed by atoms with Gasteiger partial charge in [-0.1, -0.05) is 52.3 Å². The fraction of sp³-hybridized carbons (Fsp3) is 0.320. The third kappa shape index (κ3) is 3.45. The number of carbonyl (C=O) groups excluding carboxylic acids is 3. The quantitative estimate of drug-likeness (QED) is 0.478. The van der Waals surface area contributed by atoms with Crippen LogP contribution in [-0.4, -0.2) is 29.7 Å². The second-order valence-electron chi connectivity index (χ2n) is 8.57. The number of nitrogens with zero attached hydrogens (tertiary/aromatic N) is 1. The monoisotopic (exact) mass is 494 g/mol. The normalized spacial score (nSPS) is 26.4. The molecule has 32 heavy (non-hydrogen) atoms. The van der Waals surface area contributed by atoms with Crippen molar-refractivity contribution in [1.29, 1.82) is 0 Å². The Labute approximate surface area is 194 Å². The molecule has 6 nitrogen and oxygen atoms in total. The second-order valence-corrected chi connectivity index (χ2v) is 9.48. The van der Waals surface area contributed by atoms with Crippen molar-refractivity contribution in [3.63, 3.8) is 0 Å². The minimum absolute atomic E-state index is 0.0284. The Morgan fingerprint density at radius 2 is 1.69 bits per heavy atom. The molecular formula is C25H23BrN2O4. The zero-order valence-electron chi connectivity index (χ0n) is 17.5. The van der Waals surface area contributed by atoms with Gasteiger partial charge in [-0.15, -0.1) is 0 Å². The van der Waals surface area contributed by atoms with Crippen molar-refractivity contribution in [3.05, 3.63) is 70.7 Å². The number of para-hydroxylation sites is 2. The van der Waals surface area contributed by atoms with Crippen LogP contribution in [0.5, 0.6) is 5.75 Å². The first kappa shape index (κ1) is 20.9. The van der Waals surface area contributed by atoms with E-state index in [1.54, 1.807) is 12.1 Å². The summed E-state index contributed by atoms with van der Waals surface area (Å²) in [7, 11) is 1.54. The Morgan fingerprint density at radius 1 is 1.06 bits per heavy atom. The van der Waals surface area contributed by atoms with Crippen LogP contribution in [0, 0.1) is 23.7 Å². The molecular weight excluding hydrogens is 472 g/mol. The molecule has 164 valence electrons. The molecule has 5 atom stereocenters. The van der Waals surface area contributed by atoms with E-state index in [1.165, 1.54) is 12.0 Å². The summed E-state index contributed by atoms with van der Waals surface area (Å²) < 4.78 is 6.20. The molecule has 1 aliphatic heterocycles. The summed E-state index contributed by atoms with van der Waals surface area (Å²) in [5.41, 5.74) is 1.30. The van der Waals surface area contributed by atoms with Gasteiger partial charge in [-0.2, -0.15) is 0 Å². The van der Waals surface area contributed by atoms with Crippen LogP contribution in [0.3, 0.4) is 0 Å². The van der Waals surface area contributed by atoms with Gasteiger partial charge in [0.15, 0.2) is 0 Å². The molecule has 0 spiro atoms. The van der Waals surface area contributed by atoms with E-state index >= 15 is 0 Å². The highest BCUT2D eigenvalue weighted by Gasteiger charge is 2.60. The van der Waals surface area contributed by atoms with Gasteiger partial charge < -0.3 is 10.1 Å². The maximum Gasteiger partial charge on any atom is 0.234 e. The third-order valence-corrected chi connectivity index (χ3v) is 7.36. The Balaban J connectivity index is 1.44. The molecule has 1 saturated heterocycles. The van der Waals surface area contributed by atoms with Crippen LogP contribution >= 0.6 is 15.9 Å². The maximum atomic E-state index is 13.4. The Bertz CT molecular complexity index is 1080. The summed E-state index contributed by atoms with van der Waals surface area (Å²) in [5, 5.41) is 2.87. The molecule has 0 aromatic heterocycles. The Hall–Kier alpha value is -2.93. The number of hydrogen-bond acceptors (Lipinski definition) is 4. The fourth-order valence-electron chi connectivity index (χ4n) is 5.40. The smallest absolute Gasteiger partial charge is 0.234 e. The summed E-state index contributed by atoms with van der Waals surface area (Å²) in [4.78, 5) is 41.2. The molecule has 1 heterocycles. The van der Waals surface area contributed by atoms with Crippen molar-refractivity contribution in [1.82, 2.24) is 4.90 Å². The first-order valence-corrected chi connectivity index (χ1v) is 11.5. The largest absolute Gasteiger partial charge is 0.495 e. The number of fused-ring (bicyclic) bond motifs is 5. The van der Waals surface area contributed by atoms with Gasteiger partial charge in [0.2, 0.25) is 17.7 Å². The molecule has 2 fully saturated rings. The van der Waals surface area contributed by atoms with E-state index in [9.17, 15) is 14.4 Å². The molecule has 2 bridgehead atoms. The highest BCUT2D eigenvalue weighted by atomic mass is 79.9. The predicted molar refractivity (Wildman–Crippen MR) is 123 cm³/mol. The lowest BCUT2D eigenvalue weighted by molar-refractivity contribution is -0.144. The predicted octanol–water partition coefficient (Wildman–Crippen LogP) is 4.33. The first-order chi connectivity index (χ1) is 15.5. The van der Waals surface area contributed by atoms with Gasteiger partial charge >= 0.3 is 0 Å². The molecule has 3 aliphatic rings. The Kier molecular flexibility index (Phi) is 5.37. The van der Waals surface area contributed by atoms with Gasteiger partial charge in [0.25, 0.3) is 0 Å². The number of benzene rings is 2. The van der Waals surface area contributed by atoms with Crippen molar-refractivity contribution < 1.29 is 19.1 Å². The van der Waals surface area contributed by atoms with Crippen molar-refractivity contribution in [2.45, 2.75) is 18.9 Å². The van der Waals surface area contributed by atoms with E-state index in [0.717, 1.165) is 16.5 Å². The van der Waals surface area contributed by atoms with Crippen LogP contribution in [0.25, 0.3) is 0 Å². The highest BCUT2D eigenvalue weighted by molar-refractivity contribution is 9.10. The number of amides is 3. The number of imide groups is 1. The summed E-state index contributed by atoms with van der Waals surface area (Å²) in [6.07, 6.45) is 4.99. The number of ether oxygens (including phenoxy) is 1. The van der Waals surface area contributed by atoms with Crippen LogP contribution in [0.1, 0.15) is 24.4 Å². The van der Waals surface area contributed by atoms with E-state index in [-0.39, 0.29) is 47.8 Å². The molecule has 2 aliphatic carbocycles. The average Bonchev–Trinajstić information content (AvgIpc) is 3.47. The fourth-order valence-corrected chi connectivity index (χ4v) is 5.66. The zero-order chi connectivity index (χ0) is 22.4. The lowest BCUT2D eigenvalue weighted by Gasteiger charge is -2.28. The number of carbonyl (C=O) groups is 3. The SMILES string of the molecule is COc1ccccc1NC(=O)CC(c1ccc(Br)cc1)N1C(=O)C2C3C=CC(C3)C2C1=O. The van der Waals surface area contributed by atoms with Crippen molar-refractivity contribution in [2.75, 3.05) is 12.4 Å². The molecule has 1 N–H and O–H groups in total. The second kappa shape index (κ2) is 8.20. The molecule has 5 rings (SSSR count). The van der Waals surface area contributed by atoms with Gasteiger partial charge in [0.1, 0.15) is 5.75 Å². The summed E-state index contributed by atoms with van der Waals surface area (Å²) in [6.45, 7) is 0. The molecule has 7 heteroatoms. The van der Waals surface area contributed by atoms with Crippen LogP contribution in [0.4, 0.5) is 5.69 Å². The number of methoxy groups -OCH3 is 1. The standard InChI is InChI=1S/C25H23BrN2O4/c1-32-20-5-3-2-4-18(20)27-21(29)13-19(14-8-10-17(26)11-9-14)28-24(30)22-15-6-7-16(12-15)23(22)25(28)31/h2-11,15-16,19,22-23H,12-13H2,1H3,(H,27,29). The topological polar surface area (TPSA) is 75.7 Å². The van der Waals surface area contributed by atoms with Gasteiger partial charge in [-0.25, -0.2) is 0 Å². The summed E-state index contributed by atoms with van der Waals surface area (Å²) >= 11 is 3.43. The molecule has 0 radical (unpaired) electrons. The lowest BCUT2D eigenvalue weighted by Crippen LogP contribution is -2.38. The molecule has 1 saturated carbocycles. The minimum Gasteiger partial charge on any atom is -0.495 e. The molecule has 3 amide bonds. The van der Waals surface area contributed by atoms with Crippen LogP contribution in [0.15, 0.2) is 65.2 Å². The summed E-state index contributed by atoms with van der Waals surface area (Å²) in [5.74, 6) is -0.406. The maximum absolute atomic E-state index is 13.4. The van der Waals surface area contributed by atoms with E-state index in [4.69, 9.17) is 4.74 Å². The van der Waals surface area contributed by atoms with Gasteiger partial charge in [0, 0.05) is 4.47 Å². The van der Waals surface area contributed by atoms with E-state index in [2.05, 4.69) is 33.4 Å². The Morgan fingerprint density at radius 3 is 2.31 bits per heavy atom. The van der Waals surface area contributed by atoms with Gasteiger partial charge in [-0.05, 0) is 48.1 Å². The summed E-state index contributed by atoms with van der Waals surface area (Å²) in [6, 6.07) is 13.9. The van der Waals surface area contributed by atoms with Crippen LogP contribution in [-0.2, 0) is 14.4 Å². The molecule has 2 aromatic rings. The van der Waals surface area contributed by atoms with E-state index < -0.39 is 6.04 Å². The van der Waals surface area contributed by atoms with Crippen molar-refractivity contribution >= 4 is 39.3 Å². The van der Waals surface area contributed by atoms with E-state index in [1.807, 2.05) is 36.4 Å². The number of allylic oxidation sites excluding steroid dienone is 2. The minimum atomic E-state index is -0.664. The molecule has 2 aromatic carbocycles. The van der Waals surface area contributed by atoms with Crippen LogP contribution in [0.2, 0.25) is 0 Å². The highest BCUT2D eigenvalue weighted by Crippen LogP contribution is 2.54.